The van der Waals surface area contributed by atoms with Crippen LogP contribution in [0.2, 0.25) is 0 Å². The summed E-state index contributed by atoms with van der Waals surface area (Å²) in [5, 5.41) is 11.5. The summed E-state index contributed by atoms with van der Waals surface area (Å²) in [5.41, 5.74) is 1.70. The van der Waals surface area contributed by atoms with E-state index in [-0.39, 0.29) is 0 Å². The average molecular weight is 370 g/mol. The number of aromatic nitrogens is 3. The molecule has 0 bridgehead atoms. The zero-order chi connectivity index (χ0) is 18.5. The van der Waals surface area contributed by atoms with Crippen molar-refractivity contribution in [2.75, 3.05) is 21.3 Å². The van der Waals surface area contributed by atoms with Gasteiger partial charge in [0.15, 0.2) is 17.3 Å². The smallest absolute Gasteiger partial charge is 0.216 e. The Kier molecular flexibility index (Phi) is 5.33. The Balaban J connectivity index is 1.96. The van der Waals surface area contributed by atoms with E-state index >= 15 is 0 Å². The highest BCUT2D eigenvalue weighted by Gasteiger charge is 2.12. The molecule has 0 spiro atoms. The minimum atomic E-state index is 0.388. The molecular weight excluding hydrogens is 352 g/mol. The highest BCUT2D eigenvalue weighted by Crippen LogP contribution is 2.31. The van der Waals surface area contributed by atoms with Crippen LogP contribution in [-0.4, -0.2) is 42.4 Å². The van der Waals surface area contributed by atoms with Crippen molar-refractivity contribution >= 4 is 18.4 Å². The van der Waals surface area contributed by atoms with Crippen molar-refractivity contribution in [1.29, 1.82) is 0 Å². The van der Waals surface area contributed by atoms with Crippen LogP contribution in [0.15, 0.2) is 47.6 Å². The van der Waals surface area contributed by atoms with Crippen molar-refractivity contribution in [1.82, 2.24) is 14.9 Å². The number of nitrogens with zero attached hydrogens (tertiary/aromatic N) is 3. The van der Waals surface area contributed by atoms with Gasteiger partial charge in [-0.25, -0.2) is 5.10 Å². The molecule has 0 amide bonds. The quantitative estimate of drug-likeness (QED) is 0.531. The number of aromatic amines is 1. The summed E-state index contributed by atoms with van der Waals surface area (Å²) in [5.74, 6) is 2.59. The van der Waals surface area contributed by atoms with Gasteiger partial charge in [0.1, 0.15) is 5.75 Å². The van der Waals surface area contributed by atoms with Crippen LogP contribution in [0.3, 0.4) is 0 Å². The minimum Gasteiger partial charge on any atom is -0.497 e. The van der Waals surface area contributed by atoms with Crippen molar-refractivity contribution < 1.29 is 14.2 Å². The van der Waals surface area contributed by atoms with E-state index in [0.29, 0.717) is 22.1 Å². The summed E-state index contributed by atoms with van der Waals surface area (Å²) in [7, 11) is 4.80. The lowest BCUT2D eigenvalue weighted by molar-refractivity contribution is 0.355. The normalized spacial score (nSPS) is 10.9. The van der Waals surface area contributed by atoms with Crippen LogP contribution < -0.4 is 14.2 Å². The van der Waals surface area contributed by atoms with Crippen LogP contribution in [0.1, 0.15) is 5.56 Å². The predicted octanol–water partition coefficient (Wildman–Crippen LogP) is 3.52. The van der Waals surface area contributed by atoms with Gasteiger partial charge in [0.2, 0.25) is 4.77 Å². The highest BCUT2D eigenvalue weighted by atomic mass is 32.1. The van der Waals surface area contributed by atoms with Crippen LogP contribution >= 0.6 is 12.2 Å². The molecule has 0 aliphatic carbocycles. The van der Waals surface area contributed by atoms with E-state index in [1.807, 2.05) is 42.5 Å². The lowest BCUT2D eigenvalue weighted by atomic mass is 10.2. The van der Waals surface area contributed by atoms with Crippen molar-refractivity contribution in [3.05, 3.63) is 52.8 Å². The minimum absolute atomic E-state index is 0.388. The van der Waals surface area contributed by atoms with Gasteiger partial charge in [-0.3, -0.25) is 0 Å². The molecule has 0 aliphatic heterocycles. The lowest BCUT2D eigenvalue weighted by Crippen LogP contribution is -1.96. The van der Waals surface area contributed by atoms with Crippen LogP contribution in [0.5, 0.6) is 17.2 Å². The monoisotopic (exact) mass is 370 g/mol. The van der Waals surface area contributed by atoms with E-state index in [1.54, 1.807) is 32.2 Å². The Morgan fingerprint density at radius 2 is 1.73 bits per heavy atom. The van der Waals surface area contributed by atoms with Crippen molar-refractivity contribution in [3.63, 3.8) is 0 Å². The molecule has 0 atom stereocenters. The molecule has 0 saturated carbocycles. The number of hydrogen-bond donors (Lipinski definition) is 1. The fourth-order valence-corrected chi connectivity index (χ4v) is 2.55. The standard InChI is InChI=1S/C18H18N4O3S/c1-23-14-7-4-12(5-8-14)11-19-22-17(20-21-18(22)26)13-6-9-15(24-2)16(10-13)25-3/h4-11H,1-3H3,(H,21,26). The van der Waals surface area contributed by atoms with E-state index in [2.05, 4.69) is 15.3 Å². The van der Waals surface area contributed by atoms with Gasteiger partial charge >= 0.3 is 0 Å². The molecule has 1 aromatic heterocycles. The van der Waals surface area contributed by atoms with Gasteiger partial charge in [-0.2, -0.15) is 14.9 Å². The van der Waals surface area contributed by atoms with E-state index in [4.69, 9.17) is 26.4 Å². The molecule has 1 N–H and O–H groups in total. The number of ether oxygens (including phenoxy) is 3. The molecule has 26 heavy (non-hydrogen) atoms. The molecule has 3 rings (SSSR count). The van der Waals surface area contributed by atoms with E-state index in [0.717, 1.165) is 16.9 Å². The maximum atomic E-state index is 5.35. The molecule has 0 aliphatic rings. The molecule has 3 aromatic rings. The summed E-state index contributed by atoms with van der Waals surface area (Å²) in [4.78, 5) is 0. The first-order valence-corrected chi connectivity index (χ1v) is 8.15. The van der Waals surface area contributed by atoms with Gasteiger partial charge in [-0.1, -0.05) is 0 Å². The highest BCUT2D eigenvalue weighted by molar-refractivity contribution is 7.71. The number of benzene rings is 2. The number of rotatable bonds is 6. The van der Waals surface area contributed by atoms with Gasteiger partial charge in [-0.05, 0) is 60.2 Å². The molecule has 7 nitrogen and oxygen atoms in total. The fourth-order valence-electron chi connectivity index (χ4n) is 2.38. The zero-order valence-corrected chi connectivity index (χ0v) is 15.4. The van der Waals surface area contributed by atoms with Crippen molar-refractivity contribution in [2.45, 2.75) is 0 Å². The summed E-state index contributed by atoms with van der Waals surface area (Å²) < 4.78 is 17.7. The zero-order valence-electron chi connectivity index (χ0n) is 14.6. The number of H-pyrrole nitrogens is 1. The first-order valence-electron chi connectivity index (χ1n) is 7.74. The topological polar surface area (TPSA) is 73.7 Å². The Labute approximate surface area is 155 Å². The third-order valence-electron chi connectivity index (χ3n) is 3.73. The third kappa shape index (κ3) is 3.60. The molecule has 2 aromatic carbocycles. The summed E-state index contributed by atoms with van der Waals surface area (Å²) in [6.07, 6.45) is 1.70. The Morgan fingerprint density at radius 3 is 2.38 bits per heavy atom. The maximum absolute atomic E-state index is 5.35. The molecular formula is C18H18N4O3S. The number of hydrogen-bond acceptors (Lipinski definition) is 6. The van der Waals surface area contributed by atoms with Crippen molar-refractivity contribution in [2.24, 2.45) is 5.10 Å². The molecule has 8 heteroatoms. The predicted molar refractivity (Wildman–Crippen MR) is 102 cm³/mol. The lowest BCUT2D eigenvalue weighted by Gasteiger charge is -2.09. The molecule has 0 fully saturated rings. The summed E-state index contributed by atoms with van der Waals surface area (Å²) in [6, 6.07) is 13.0. The molecule has 134 valence electrons. The maximum Gasteiger partial charge on any atom is 0.216 e. The van der Waals surface area contributed by atoms with Gasteiger partial charge in [-0.15, -0.1) is 0 Å². The van der Waals surface area contributed by atoms with Crippen LogP contribution in [0.25, 0.3) is 11.4 Å². The molecule has 1 heterocycles. The summed E-state index contributed by atoms with van der Waals surface area (Å²) in [6.45, 7) is 0. The number of methoxy groups -OCH3 is 3. The Morgan fingerprint density at radius 1 is 1.00 bits per heavy atom. The fraction of sp³-hybridized carbons (Fsp3) is 0.167. The first-order chi connectivity index (χ1) is 12.7. The number of nitrogens with one attached hydrogen (secondary N) is 1. The second-order valence-electron chi connectivity index (χ2n) is 5.25. The second kappa shape index (κ2) is 7.83. The SMILES string of the molecule is COc1ccc(C=Nn2c(-c3ccc(OC)c(OC)c3)n[nH]c2=S)cc1. The van der Waals surface area contributed by atoms with Crippen LogP contribution in [0, 0.1) is 4.77 Å². The molecule has 0 unspecified atom stereocenters. The van der Waals surface area contributed by atoms with Gasteiger partial charge in [0.25, 0.3) is 0 Å². The van der Waals surface area contributed by atoms with Gasteiger partial charge in [0.05, 0.1) is 27.5 Å². The molecule has 0 saturated heterocycles. The van der Waals surface area contributed by atoms with Crippen LogP contribution in [-0.2, 0) is 0 Å². The Bertz CT molecular complexity index is 977. The third-order valence-corrected chi connectivity index (χ3v) is 3.99. The van der Waals surface area contributed by atoms with E-state index in [9.17, 15) is 0 Å². The van der Waals surface area contributed by atoms with E-state index in [1.165, 1.54) is 0 Å². The first kappa shape index (κ1) is 17.7. The molecule has 0 radical (unpaired) electrons. The second-order valence-corrected chi connectivity index (χ2v) is 5.64. The van der Waals surface area contributed by atoms with Crippen molar-refractivity contribution in [3.8, 4) is 28.6 Å². The van der Waals surface area contributed by atoms with Gasteiger partial charge in [0, 0.05) is 5.56 Å². The summed E-state index contributed by atoms with van der Waals surface area (Å²) >= 11 is 5.29. The average Bonchev–Trinajstić information content (AvgIpc) is 3.06. The Hall–Kier alpha value is -3.13. The van der Waals surface area contributed by atoms with Crippen LogP contribution in [0.4, 0.5) is 0 Å². The largest absolute Gasteiger partial charge is 0.497 e. The van der Waals surface area contributed by atoms with Gasteiger partial charge < -0.3 is 14.2 Å². The van der Waals surface area contributed by atoms with E-state index < -0.39 is 0 Å².